The molecular formula is C13H13ClN4OS. The van der Waals surface area contributed by atoms with E-state index >= 15 is 0 Å². The van der Waals surface area contributed by atoms with Gasteiger partial charge in [0.25, 0.3) is 0 Å². The van der Waals surface area contributed by atoms with Crippen molar-refractivity contribution in [3.63, 3.8) is 0 Å². The van der Waals surface area contributed by atoms with Crippen molar-refractivity contribution in [3.05, 3.63) is 35.1 Å². The zero-order valence-electron chi connectivity index (χ0n) is 10.6. The van der Waals surface area contributed by atoms with Gasteiger partial charge in [0, 0.05) is 16.6 Å². The van der Waals surface area contributed by atoms with Gasteiger partial charge in [-0.1, -0.05) is 29.4 Å². The number of nitrogens with zero attached hydrogens (tertiary/aromatic N) is 2. The van der Waals surface area contributed by atoms with Gasteiger partial charge in [0.05, 0.1) is 5.75 Å². The number of halogens is 1. The molecule has 0 aliphatic heterocycles. The van der Waals surface area contributed by atoms with E-state index in [9.17, 15) is 4.79 Å². The molecule has 1 aliphatic rings. The van der Waals surface area contributed by atoms with Gasteiger partial charge in [0.15, 0.2) is 0 Å². The van der Waals surface area contributed by atoms with Crippen LogP contribution in [-0.2, 0) is 4.79 Å². The molecule has 0 bridgehead atoms. The summed E-state index contributed by atoms with van der Waals surface area (Å²) < 4.78 is 0. The Hall–Kier alpha value is -1.53. The van der Waals surface area contributed by atoms with E-state index in [0.717, 1.165) is 5.82 Å². The molecule has 0 spiro atoms. The third kappa shape index (κ3) is 3.52. The molecular weight excluding hydrogens is 296 g/mol. The standard InChI is InChI=1S/C13H13ClN4OS/c14-9-2-1-3-10(6-9)15-11(19)7-20-13-16-12(17-18-13)8-4-5-8/h1-3,6,8H,4-5,7H2,(H,15,19)(H,16,17,18). The highest BCUT2D eigenvalue weighted by molar-refractivity contribution is 7.99. The van der Waals surface area contributed by atoms with Crippen LogP contribution in [0.1, 0.15) is 24.6 Å². The van der Waals surface area contributed by atoms with Crippen molar-refractivity contribution in [1.29, 1.82) is 0 Å². The molecule has 0 atom stereocenters. The second kappa shape index (κ2) is 5.85. The quantitative estimate of drug-likeness (QED) is 0.833. The summed E-state index contributed by atoms with van der Waals surface area (Å²) in [5, 5.41) is 11.0. The van der Waals surface area contributed by atoms with Crippen LogP contribution in [0.3, 0.4) is 0 Å². The third-order valence-electron chi connectivity index (χ3n) is 2.89. The fourth-order valence-corrected chi connectivity index (χ4v) is 2.55. The molecule has 0 unspecified atom stereocenters. The molecule has 1 aromatic heterocycles. The number of thioether (sulfide) groups is 1. The van der Waals surface area contributed by atoms with Gasteiger partial charge >= 0.3 is 0 Å². The summed E-state index contributed by atoms with van der Waals surface area (Å²) in [7, 11) is 0. The summed E-state index contributed by atoms with van der Waals surface area (Å²) >= 11 is 7.18. The first-order valence-electron chi connectivity index (χ1n) is 6.31. The van der Waals surface area contributed by atoms with Crippen LogP contribution in [0.25, 0.3) is 0 Å². The highest BCUT2D eigenvalue weighted by atomic mass is 35.5. The molecule has 5 nitrogen and oxygen atoms in total. The van der Waals surface area contributed by atoms with E-state index in [1.807, 2.05) is 0 Å². The van der Waals surface area contributed by atoms with Gasteiger partial charge in [-0.3, -0.25) is 9.89 Å². The number of benzene rings is 1. The average molecular weight is 309 g/mol. The third-order valence-corrected chi connectivity index (χ3v) is 3.97. The Morgan fingerprint density at radius 1 is 1.50 bits per heavy atom. The lowest BCUT2D eigenvalue weighted by Gasteiger charge is -2.03. The Morgan fingerprint density at radius 2 is 2.35 bits per heavy atom. The van der Waals surface area contributed by atoms with Gasteiger partial charge in [-0.2, -0.15) is 0 Å². The highest BCUT2D eigenvalue weighted by Gasteiger charge is 2.27. The number of aromatic amines is 1. The number of aromatic nitrogens is 3. The molecule has 7 heteroatoms. The van der Waals surface area contributed by atoms with E-state index < -0.39 is 0 Å². The van der Waals surface area contributed by atoms with Crippen LogP contribution in [-0.4, -0.2) is 26.8 Å². The van der Waals surface area contributed by atoms with Crippen LogP contribution in [0.5, 0.6) is 0 Å². The van der Waals surface area contributed by atoms with Crippen molar-refractivity contribution >= 4 is 35.0 Å². The van der Waals surface area contributed by atoms with Gasteiger partial charge in [0.2, 0.25) is 11.1 Å². The van der Waals surface area contributed by atoms with Crippen molar-refractivity contribution in [2.24, 2.45) is 0 Å². The predicted octanol–water partition coefficient (Wildman–Crippen LogP) is 3.07. The number of carbonyl (C=O) groups is 1. The molecule has 2 N–H and O–H groups in total. The minimum Gasteiger partial charge on any atom is -0.325 e. The zero-order valence-corrected chi connectivity index (χ0v) is 12.2. The SMILES string of the molecule is O=C(CSc1n[nH]c(C2CC2)n1)Nc1cccc(Cl)c1. The first kappa shape index (κ1) is 13.5. The van der Waals surface area contributed by atoms with E-state index in [1.165, 1.54) is 24.6 Å². The largest absolute Gasteiger partial charge is 0.325 e. The molecule has 20 heavy (non-hydrogen) atoms. The van der Waals surface area contributed by atoms with Gasteiger partial charge in [-0.25, -0.2) is 4.98 Å². The molecule has 0 radical (unpaired) electrons. The Morgan fingerprint density at radius 3 is 3.10 bits per heavy atom. The summed E-state index contributed by atoms with van der Waals surface area (Å²) in [6.45, 7) is 0. The van der Waals surface area contributed by atoms with Crippen molar-refractivity contribution in [2.45, 2.75) is 23.9 Å². The Kier molecular flexibility index (Phi) is 3.93. The number of H-pyrrole nitrogens is 1. The Balaban J connectivity index is 1.51. The van der Waals surface area contributed by atoms with Crippen LogP contribution >= 0.6 is 23.4 Å². The van der Waals surface area contributed by atoms with Crippen LogP contribution in [0, 0.1) is 0 Å². The predicted molar refractivity (Wildman–Crippen MR) is 79.2 cm³/mol. The maximum atomic E-state index is 11.8. The number of hydrogen-bond donors (Lipinski definition) is 2. The van der Waals surface area contributed by atoms with Gasteiger partial charge in [0.1, 0.15) is 5.82 Å². The lowest BCUT2D eigenvalue weighted by Crippen LogP contribution is -2.14. The van der Waals surface area contributed by atoms with E-state index in [1.54, 1.807) is 24.3 Å². The lowest BCUT2D eigenvalue weighted by atomic mass is 10.3. The van der Waals surface area contributed by atoms with Gasteiger partial charge in [-0.15, -0.1) is 5.10 Å². The molecule has 1 aromatic carbocycles. The molecule has 3 rings (SSSR count). The molecule has 1 aliphatic carbocycles. The molecule has 104 valence electrons. The first-order chi connectivity index (χ1) is 9.70. The van der Waals surface area contributed by atoms with Gasteiger partial charge in [-0.05, 0) is 31.0 Å². The summed E-state index contributed by atoms with van der Waals surface area (Å²) in [5.74, 6) is 1.64. The van der Waals surface area contributed by atoms with Crippen molar-refractivity contribution in [2.75, 3.05) is 11.1 Å². The lowest BCUT2D eigenvalue weighted by molar-refractivity contribution is -0.113. The normalized spacial score (nSPS) is 14.2. The number of carbonyl (C=O) groups excluding carboxylic acids is 1. The molecule has 2 aromatic rings. The second-order valence-corrected chi connectivity index (χ2v) is 6.00. The fraction of sp³-hybridized carbons (Fsp3) is 0.308. The van der Waals surface area contributed by atoms with E-state index in [-0.39, 0.29) is 11.7 Å². The number of nitrogens with one attached hydrogen (secondary N) is 2. The Labute approximate surface area is 125 Å². The van der Waals surface area contributed by atoms with Gasteiger partial charge < -0.3 is 5.32 Å². The van der Waals surface area contributed by atoms with E-state index in [2.05, 4.69) is 20.5 Å². The first-order valence-corrected chi connectivity index (χ1v) is 7.67. The van der Waals surface area contributed by atoms with E-state index in [4.69, 9.17) is 11.6 Å². The molecule has 1 heterocycles. The molecule has 1 fully saturated rings. The van der Waals surface area contributed by atoms with Crippen LogP contribution in [0.4, 0.5) is 5.69 Å². The highest BCUT2D eigenvalue weighted by Crippen LogP contribution is 2.38. The average Bonchev–Trinajstić information content (AvgIpc) is 3.16. The molecule has 0 saturated heterocycles. The smallest absolute Gasteiger partial charge is 0.234 e. The molecule has 1 amide bonds. The number of anilines is 1. The minimum absolute atomic E-state index is 0.102. The Bertz CT molecular complexity index is 626. The summed E-state index contributed by atoms with van der Waals surface area (Å²) in [5.41, 5.74) is 0.691. The van der Waals surface area contributed by atoms with Crippen molar-refractivity contribution < 1.29 is 4.79 Å². The molecule has 1 saturated carbocycles. The maximum absolute atomic E-state index is 11.8. The summed E-state index contributed by atoms with van der Waals surface area (Å²) in [6.07, 6.45) is 2.35. The van der Waals surface area contributed by atoms with Crippen LogP contribution in [0.2, 0.25) is 5.02 Å². The number of hydrogen-bond acceptors (Lipinski definition) is 4. The number of rotatable bonds is 5. The number of amides is 1. The summed E-state index contributed by atoms with van der Waals surface area (Å²) in [4.78, 5) is 16.2. The van der Waals surface area contributed by atoms with Crippen molar-refractivity contribution in [1.82, 2.24) is 15.2 Å². The monoisotopic (exact) mass is 308 g/mol. The minimum atomic E-state index is -0.102. The summed E-state index contributed by atoms with van der Waals surface area (Å²) in [6, 6.07) is 7.07. The fourth-order valence-electron chi connectivity index (χ4n) is 1.76. The second-order valence-electron chi connectivity index (χ2n) is 4.62. The topological polar surface area (TPSA) is 70.7 Å². The zero-order chi connectivity index (χ0) is 13.9. The van der Waals surface area contributed by atoms with Crippen LogP contribution in [0.15, 0.2) is 29.4 Å². The van der Waals surface area contributed by atoms with E-state index in [0.29, 0.717) is 21.8 Å². The maximum Gasteiger partial charge on any atom is 0.234 e. The van der Waals surface area contributed by atoms with Crippen LogP contribution < -0.4 is 5.32 Å². The van der Waals surface area contributed by atoms with Crippen molar-refractivity contribution in [3.8, 4) is 0 Å².